The van der Waals surface area contributed by atoms with Gasteiger partial charge in [0.05, 0.1) is 21.1 Å². The Kier molecular flexibility index (Phi) is 4.52. The maximum atomic E-state index is 13.3. The SMILES string of the molecule is O=S(=O)(Nc1ccc2c(-c3ccccc3Cl)n[nH]c2c1)c1cc(F)cc(F)c1. The molecule has 9 heteroatoms. The van der Waals surface area contributed by atoms with E-state index >= 15 is 0 Å². The van der Waals surface area contributed by atoms with Crippen molar-refractivity contribution in [3.05, 3.63) is 77.3 Å². The van der Waals surface area contributed by atoms with Gasteiger partial charge in [-0.05, 0) is 36.4 Å². The highest BCUT2D eigenvalue weighted by atomic mass is 35.5. The highest BCUT2D eigenvalue weighted by Crippen LogP contribution is 2.32. The summed E-state index contributed by atoms with van der Waals surface area (Å²) >= 11 is 6.22. The maximum Gasteiger partial charge on any atom is 0.262 e. The molecule has 0 spiro atoms. The number of hydrogen-bond donors (Lipinski definition) is 2. The smallest absolute Gasteiger partial charge is 0.262 e. The fourth-order valence-corrected chi connectivity index (χ4v) is 4.16. The van der Waals surface area contributed by atoms with E-state index in [0.717, 1.165) is 23.1 Å². The van der Waals surface area contributed by atoms with Crippen LogP contribution in [0.5, 0.6) is 0 Å². The first-order chi connectivity index (χ1) is 13.3. The molecule has 0 bridgehead atoms. The van der Waals surface area contributed by atoms with Crippen molar-refractivity contribution in [2.24, 2.45) is 0 Å². The molecule has 2 N–H and O–H groups in total. The van der Waals surface area contributed by atoms with Crippen molar-refractivity contribution >= 4 is 38.2 Å². The Hall–Kier alpha value is -2.97. The van der Waals surface area contributed by atoms with Crippen molar-refractivity contribution in [1.82, 2.24) is 10.2 Å². The van der Waals surface area contributed by atoms with Gasteiger partial charge in [0.15, 0.2) is 0 Å². The summed E-state index contributed by atoms with van der Waals surface area (Å²) in [7, 11) is -4.16. The Balaban J connectivity index is 1.70. The van der Waals surface area contributed by atoms with E-state index in [1.807, 2.05) is 18.2 Å². The summed E-state index contributed by atoms with van der Waals surface area (Å²) in [6, 6.07) is 14.1. The molecule has 0 aliphatic heterocycles. The number of halogens is 3. The predicted octanol–water partition coefficient (Wildman–Crippen LogP) is 4.96. The average Bonchev–Trinajstić information content (AvgIpc) is 3.04. The molecule has 1 heterocycles. The number of sulfonamides is 1. The third-order valence-corrected chi connectivity index (χ3v) is 5.78. The van der Waals surface area contributed by atoms with Gasteiger partial charge in [-0.3, -0.25) is 9.82 Å². The van der Waals surface area contributed by atoms with Crippen molar-refractivity contribution in [3.8, 4) is 11.3 Å². The molecule has 0 fully saturated rings. The molecule has 28 heavy (non-hydrogen) atoms. The van der Waals surface area contributed by atoms with E-state index in [1.165, 1.54) is 12.1 Å². The van der Waals surface area contributed by atoms with Crippen LogP contribution in [0.25, 0.3) is 22.2 Å². The van der Waals surface area contributed by atoms with E-state index in [0.29, 0.717) is 22.3 Å². The molecule has 0 saturated heterocycles. The second-order valence-electron chi connectivity index (χ2n) is 6.02. The van der Waals surface area contributed by atoms with E-state index in [9.17, 15) is 17.2 Å². The molecule has 0 amide bonds. The van der Waals surface area contributed by atoms with E-state index in [4.69, 9.17) is 11.6 Å². The van der Waals surface area contributed by atoms with Gasteiger partial charge in [-0.15, -0.1) is 0 Å². The number of hydrogen-bond acceptors (Lipinski definition) is 3. The normalized spacial score (nSPS) is 11.7. The van der Waals surface area contributed by atoms with Crippen LogP contribution in [0.2, 0.25) is 5.02 Å². The van der Waals surface area contributed by atoms with E-state index in [2.05, 4.69) is 14.9 Å². The fourth-order valence-electron chi connectivity index (χ4n) is 2.84. The lowest BCUT2D eigenvalue weighted by molar-refractivity contribution is 0.568. The molecule has 0 aliphatic carbocycles. The third-order valence-electron chi connectivity index (χ3n) is 4.09. The number of nitrogens with zero attached hydrogens (tertiary/aromatic N) is 1. The quantitative estimate of drug-likeness (QED) is 0.490. The van der Waals surface area contributed by atoms with Crippen molar-refractivity contribution in [2.45, 2.75) is 4.90 Å². The van der Waals surface area contributed by atoms with Crippen molar-refractivity contribution < 1.29 is 17.2 Å². The third kappa shape index (κ3) is 3.44. The van der Waals surface area contributed by atoms with Crippen LogP contribution in [0, 0.1) is 11.6 Å². The minimum atomic E-state index is -4.16. The number of benzene rings is 3. The van der Waals surface area contributed by atoms with Crippen molar-refractivity contribution in [3.63, 3.8) is 0 Å². The largest absolute Gasteiger partial charge is 0.280 e. The molecule has 1 aromatic heterocycles. The molecule has 0 saturated carbocycles. The maximum absolute atomic E-state index is 13.3. The van der Waals surface area contributed by atoms with Crippen molar-refractivity contribution in [2.75, 3.05) is 4.72 Å². The zero-order valence-corrected chi connectivity index (χ0v) is 15.7. The number of rotatable bonds is 4. The van der Waals surface area contributed by atoms with Gasteiger partial charge in [0.1, 0.15) is 17.3 Å². The summed E-state index contributed by atoms with van der Waals surface area (Å²) in [4.78, 5) is -0.508. The molecule has 0 radical (unpaired) electrons. The van der Waals surface area contributed by atoms with Gasteiger partial charge in [-0.25, -0.2) is 17.2 Å². The van der Waals surface area contributed by atoms with Gasteiger partial charge in [0.2, 0.25) is 0 Å². The van der Waals surface area contributed by atoms with Crippen LogP contribution in [-0.2, 0) is 10.0 Å². The van der Waals surface area contributed by atoms with Gasteiger partial charge in [-0.2, -0.15) is 5.10 Å². The van der Waals surface area contributed by atoms with Gasteiger partial charge >= 0.3 is 0 Å². The number of aromatic amines is 1. The molecule has 0 aliphatic rings. The van der Waals surface area contributed by atoms with Gasteiger partial charge in [-0.1, -0.05) is 29.8 Å². The summed E-state index contributed by atoms with van der Waals surface area (Å²) in [6.07, 6.45) is 0. The molecule has 0 unspecified atom stereocenters. The van der Waals surface area contributed by atoms with Crippen LogP contribution in [0.15, 0.2) is 65.6 Å². The summed E-state index contributed by atoms with van der Waals surface area (Å²) in [5, 5.41) is 8.37. The predicted molar refractivity (Wildman–Crippen MR) is 104 cm³/mol. The Bertz CT molecular complexity index is 1290. The molecule has 142 valence electrons. The van der Waals surface area contributed by atoms with Crippen LogP contribution in [-0.4, -0.2) is 18.6 Å². The van der Waals surface area contributed by atoms with E-state index < -0.39 is 26.6 Å². The number of nitrogens with one attached hydrogen (secondary N) is 2. The molecular weight excluding hydrogens is 408 g/mol. The Morgan fingerprint density at radius 1 is 0.964 bits per heavy atom. The molecule has 5 nitrogen and oxygen atoms in total. The van der Waals surface area contributed by atoms with Gasteiger partial charge in [0, 0.05) is 17.0 Å². The molecule has 3 aromatic carbocycles. The number of aromatic nitrogens is 2. The minimum absolute atomic E-state index is 0.214. The Morgan fingerprint density at radius 3 is 2.39 bits per heavy atom. The summed E-state index contributed by atoms with van der Waals surface area (Å²) in [5.41, 5.74) is 2.15. The molecular formula is C19H12ClF2N3O2S. The van der Waals surface area contributed by atoms with E-state index in [-0.39, 0.29) is 5.69 Å². The monoisotopic (exact) mass is 419 g/mol. The zero-order valence-electron chi connectivity index (χ0n) is 14.1. The van der Waals surface area contributed by atoms with Crippen molar-refractivity contribution in [1.29, 1.82) is 0 Å². The lowest BCUT2D eigenvalue weighted by Crippen LogP contribution is -2.13. The highest BCUT2D eigenvalue weighted by Gasteiger charge is 2.18. The van der Waals surface area contributed by atoms with Crippen LogP contribution in [0.4, 0.5) is 14.5 Å². The van der Waals surface area contributed by atoms with Gasteiger partial charge in [0.25, 0.3) is 10.0 Å². The lowest BCUT2D eigenvalue weighted by Gasteiger charge is -2.09. The highest BCUT2D eigenvalue weighted by molar-refractivity contribution is 7.92. The van der Waals surface area contributed by atoms with Crippen LogP contribution in [0.3, 0.4) is 0 Å². The van der Waals surface area contributed by atoms with Crippen LogP contribution in [0.1, 0.15) is 0 Å². The second kappa shape index (κ2) is 6.88. The van der Waals surface area contributed by atoms with Gasteiger partial charge < -0.3 is 0 Å². The second-order valence-corrected chi connectivity index (χ2v) is 8.11. The Morgan fingerprint density at radius 2 is 1.68 bits per heavy atom. The first kappa shape index (κ1) is 18.4. The average molecular weight is 420 g/mol. The summed E-state index contributed by atoms with van der Waals surface area (Å²) in [6.45, 7) is 0. The summed E-state index contributed by atoms with van der Waals surface area (Å²) in [5.74, 6) is -1.96. The first-order valence-electron chi connectivity index (χ1n) is 8.05. The Labute approximate surface area is 164 Å². The lowest BCUT2D eigenvalue weighted by atomic mass is 10.1. The first-order valence-corrected chi connectivity index (χ1v) is 9.91. The zero-order chi connectivity index (χ0) is 19.9. The van der Waals surface area contributed by atoms with Crippen LogP contribution >= 0.6 is 11.6 Å². The number of fused-ring (bicyclic) bond motifs is 1. The number of anilines is 1. The molecule has 4 rings (SSSR count). The number of H-pyrrole nitrogens is 1. The summed E-state index contributed by atoms with van der Waals surface area (Å²) < 4.78 is 53.8. The standard InChI is InChI=1S/C19H12ClF2N3O2S/c20-17-4-2-1-3-15(17)19-16-6-5-13(10-18(16)23-24-19)25-28(26,27)14-8-11(21)7-12(22)9-14/h1-10,25H,(H,23,24). The minimum Gasteiger partial charge on any atom is -0.280 e. The fraction of sp³-hybridized carbons (Fsp3) is 0. The van der Waals surface area contributed by atoms with E-state index in [1.54, 1.807) is 12.1 Å². The van der Waals surface area contributed by atoms with Crippen LogP contribution < -0.4 is 4.72 Å². The molecule has 4 aromatic rings. The molecule has 0 atom stereocenters. The topological polar surface area (TPSA) is 74.8 Å².